The summed E-state index contributed by atoms with van der Waals surface area (Å²) in [6, 6.07) is 8.33. The predicted molar refractivity (Wildman–Crippen MR) is 111 cm³/mol. The van der Waals surface area contributed by atoms with E-state index in [1.54, 1.807) is 36.4 Å². The van der Waals surface area contributed by atoms with Gasteiger partial charge in [-0.2, -0.15) is 0 Å². The van der Waals surface area contributed by atoms with E-state index in [1.165, 1.54) is 6.42 Å². The molecule has 1 saturated heterocycles. The topological polar surface area (TPSA) is 49.8 Å². The molecule has 1 fully saturated rings. The quantitative estimate of drug-likeness (QED) is 0.665. The number of phenols is 1. The SMILES string of the molecule is CC1CCCN(Cc2c(O)ccc3c2O/C(=C/c2c(Cl)cccc2Cl)C3=O)C1. The number of halogens is 2. The summed E-state index contributed by atoms with van der Waals surface area (Å²) in [5.41, 5.74) is 1.64. The molecule has 1 N–H and O–H groups in total. The zero-order valence-corrected chi connectivity index (χ0v) is 17.1. The van der Waals surface area contributed by atoms with Crippen LogP contribution in [0.2, 0.25) is 10.0 Å². The second kappa shape index (κ2) is 7.78. The van der Waals surface area contributed by atoms with Gasteiger partial charge in [0.15, 0.2) is 5.76 Å². The van der Waals surface area contributed by atoms with Gasteiger partial charge in [0.05, 0.1) is 11.1 Å². The number of allylic oxidation sites excluding steroid dienone is 1. The van der Waals surface area contributed by atoms with Crippen molar-refractivity contribution in [3.8, 4) is 11.5 Å². The Morgan fingerprint density at radius 2 is 2.00 bits per heavy atom. The third kappa shape index (κ3) is 3.64. The van der Waals surface area contributed by atoms with Crippen molar-refractivity contribution in [1.82, 2.24) is 4.90 Å². The van der Waals surface area contributed by atoms with Crippen molar-refractivity contribution in [2.75, 3.05) is 13.1 Å². The van der Waals surface area contributed by atoms with Crippen molar-refractivity contribution >= 4 is 35.1 Å². The van der Waals surface area contributed by atoms with Gasteiger partial charge < -0.3 is 9.84 Å². The summed E-state index contributed by atoms with van der Waals surface area (Å²) in [6.45, 7) is 4.72. The molecule has 4 nitrogen and oxygen atoms in total. The molecule has 1 unspecified atom stereocenters. The number of benzene rings is 2. The van der Waals surface area contributed by atoms with Crippen LogP contribution >= 0.6 is 23.2 Å². The number of hydrogen-bond acceptors (Lipinski definition) is 4. The molecule has 2 aromatic carbocycles. The Morgan fingerprint density at radius 1 is 1.25 bits per heavy atom. The van der Waals surface area contributed by atoms with Crippen LogP contribution in [0.3, 0.4) is 0 Å². The first-order valence-corrected chi connectivity index (χ1v) is 10.1. The molecular formula is C22H21Cl2NO3. The average molecular weight is 418 g/mol. The Kier molecular flexibility index (Phi) is 5.37. The maximum Gasteiger partial charge on any atom is 0.231 e. The summed E-state index contributed by atoms with van der Waals surface area (Å²) in [5.74, 6) is 1.11. The van der Waals surface area contributed by atoms with E-state index in [9.17, 15) is 9.90 Å². The van der Waals surface area contributed by atoms with Crippen LogP contribution in [-0.4, -0.2) is 28.9 Å². The van der Waals surface area contributed by atoms with Crippen LogP contribution in [0.25, 0.3) is 6.08 Å². The number of hydrogen-bond donors (Lipinski definition) is 1. The Bertz CT molecular complexity index is 950. The number of rotatable bonds is 3. The highest BCUT2D eigenvalue weighted by Crippen LogP contribution is 2.41. The fourth-order valence-corrected chi connectivity index (χ4v) is 4.39. The minimum atomic E-state index is -0.237. The molecule has 0 aromatic heterocycles. The molecule has 6 heteroatoms. The van der Waals surface area contributed by atoms with Crippen LogP contribution in [0.1, 0.15) is 41.3 Å². The van der Waals surface area contributed by atoms with Crippen molar-refractivity contribution in [3.63, 3.8) is 0 Å². The van der Waals surface area contributed by atoms with Gasteiger partial charge >= 0.3 is 0 Å². The summed E-state index contributed by atoms with van der Waals surface area (Å²) >= 11 is 12.4. The highest BCUT2D eigenvalue weighted by atomic mass is 35.5. The Morgan fingerprint density at radius 3 is 2.71 bits per heavy atom. The number of ether oxygens (including phenoxy) is 1. The summed E-state index contributed by atoms with van der Waals surface area (Å²) in [5, 5.41) is 11.3. The monoisotopic (exact) mass is 417 g/mol. The molecule has 4 rings (SSSR count). The zero-order chi connectivity index (χ0) is 19.8. The van der Waals surface area contributed by atoms with E-state index in [4.69, 9.17) is 27.9 Å². The lowest BCUT2D eigenvalue weighted by atomic mass is 9.99. The lowest BCUT2D eigenvalue weighted by Gasteiger charge is -2.31. The molecule has 146 valence electrons. The fraction of sp³-hybridized carbons (Fsp3) is 0.318. The number of fused-ring (bicyclic) bond motifs is 1. The van der Waals surface area contributed by atoms with E-state index in [2.05, 4.69) is 11.8 Å². The molecule has 2 heterocycles. The molecule has 2 aliphatic heterocycles. The molecule has 1 atom stereocenters. The largest absolute Gasteiger partial charge is 0.507 e. The second-order valence-corrected chi connectivity index (χ2v) is 8.31. The number of carbonyl (C=O) groups excluding carboxylic acids is 1. The lowest BCUT2D eigenvalue weighted by molar-refractivity contribution is 0.101. The van der Waals surface area contributed by atoms with Gasteiger partial charge in [0.1, 0.15) is 11.5 Å². The van der Waals surface area contributed by atoms with Crippen molar-refractivity contribution < 1.29 is 14.6 Å². The maximum absolute atomic E-state index is 12.9. The highest BCUT2D eigenvalue weighted by Gasteiger charge is 2.32. The van der Waals surface area contributed by atoms with Crippen molar-refractivity contribution in [2.24, 2.45) is 5.92 Å². The first-order chi connectivity index (χ1) is 13.4. The number of phenolic OH excluding ortho intramolecular Hbond substituents is 1. The molecule has 2 aliphatic rings. The van der Waals surface area contributed by atoms with E-state index in [1.807, 2.05) is 0 Å². The minimum Gasteiger partial charge on any atom is -0.507 e. The number of nitrogens with zero attached hydrogens (tertiary/aromatic N) is 1. The van der Waals surface area contributed by atoms with Crippen molar-refractivity contribution in [3.05, 3.63) is 62.8 Å². The van der Waals surface area contributed by atoms with Gasteiger partial charge in [-0.1, -0.05) is 36.2 Å². The van der Waals surface area contributed by atoms with Gasteiger partial charge in [0, 0.05) is 28.7 Å². The van der Waals surface area contributed by atoms with Gasteiger partial charge in [-0.15, -0.1) is 0 Å². The second-order valence-electron chi connectivity index (χ2n) is 7.50. The molecule has 0 amide bonds. The van der Waals surface area contributed by atoms with E-state index in [-0.39, 0.29) is 17.3 Å². The molecule has 0 saturated carbocycles. The van der Waals surface area contributed by atoms with E-state index >= 15 is 0 Å². The van der Waals surface area contributed by atoms with E-state index < -0.39 is 0 Å². The summed E-state index contributed by atoms with van der Waals surface area (Å²) in [4.78, 5) is 15.2. The average Bonchev–Trinajstić information content (AvgIpc) is 2.97. The molecule has 2 aromatic rings. The van der Waals surface area contributed by atoms with Crippen LogP contribution < -0.4 is 4.74 Å². The first kappa shape index (κ1) is 19.3. The standard InChI is InChI=1S/C22H21Cl2NO3/c1-13-4-3-9-25(11-13)12-16-19(26)8-7-14-21(27)20(28-22(14)16)10-15-17(23)5-2-6-18(15)24/h2,5-8,10,13,26H,3-4,9,11-12H2,1H3/b20-10+. The smallest absolute Gasteiger partial charge is 0.231 e. The highest BCUT2D eigenvalue weighted by molar-refractivity contribution is 6.37. The zero-order valence-electron chi connectivity index (χ0n) is 15.5. The maximum atomic E-state index is 12.9. The first-order valence-electron chi connectivity index (χ1n) is 9.39. The number of carbonyl (C=O) groups is 1. The molecule has 0 aliphatic carbocycles. The third-order valence-corrected chi connectivity index (χ3v) is 5.97. The van der Waals surface area contributed by atoms with E-state index in [0.717, 1.165) is 19.5 Å². The molecule has 0 bridgehead atoms. The van der Waals surface area contributed by atoms with Crippen LogP contribution in [0, 0.1) is 5.92 Å². The summed E-state index contributed by atoms with van der Waals surface area (Å²) < 4.78 is 5.92. The van der Waals surface area contributed by atoms with Gasteiger partial charge in [-0.05, 0) is 55.6 Å². The number of Topliss-reactive ketones (excluding diaryl/α,β-unsaturated/α-hetero) is 1. The van der Waals surface area contributed by atoms with Crippen LogP contribution in [0.4, 0.5) is 0 Å². The van der Waals surface area contributed by atoms with Gasteiger partial charge in [-0.3, -0.25) is 9.69 Å². The minimum absolute atomic E-state index is 0.141. The number of piperidine rings is 1. The van der Waals surface area contributed by atoms with Gasteiger partial charge in [0.2, 0.25) is 5.78 Å². The van der Waals surface area contributed by atoms with Gasteiger partial charge in [-0.25, -0.2) is 0 Å². The Hall–Kier alpha value is -2.01. The summed E-state index contributed by atoms with van der Waals surface area (Å²) in [6.07, 6.45) is 3.92. The molecule has 0 radical (unpaired) electrons. The van der Waals surface area contributed by atoms with Crippen molar-refractivity contribution in [1.29, 1.82) is 0 Å². The van der Waals surface area contributed by atoms with Crippen LogP contribution in [0.15, 0.2) is 36.1 Å². The lowest BCUT2D eigenvalue weighted by Crippen LogP contribution is -2.33. The molecular weight excluding hydrogens is 397 g/mol. The van der Waals surface area contributed by atoms with E-state index in [0.29, 0.717) is 44.9 Å². The predicted octanol–water partition coefficient (Wildman–Crippen LogP) is 5.55. The van der Waals surface area contributed by atoms with Gasteiger partial charge in [0.25, 0.3) is 0 Å². The Labute approximate surface area is 174 Å². The number of aromatic hydroxyl groups is 1. The molecule has 0 spiro atoms. The fourth-order valence-electron chi connectivity index (χ4n) is 3.88. The molecule has 28 heavy (non-hydrogen) atoms. The van der Waals surface area contributed by atoms with Crippen LogP contribution in [0.5, 0.6) is 11.5 Å². The van der Waals surface area contributed by atoms with Crippen LogP contribution in [-0.2, 0) is 6.54 Å². The van der Waals surface area contributed by atoms with Crippen molar-refractivity contribution in [2.45, 2.75) is 26.3 Å². The summed E-state index contributed by atoms with van der Waals surface area (Å²) in [7, 11) is 0. The Balaban J connectivity index is 1.68. The third-order valence-electron chi connectivity index (χ3n) is 5.31. The number of likely N-dealkylation sites (tertiary alicyclic amines) is 1. The number of ketones is 1. The normalized spacial score (nSPS) is 21.0.